The standard InChI is InChI=1S/C23H32FN5O4S/c1-23(2,3)33-22(30)29-9-7-16(8-10-29)13-25-14-17-11-21(27-15-26-17)28-20-12-18(34(4,31)32)5-6-19(20)24/h5-6,11-12,15-16,25H,7-10,13-14H2,1-4H3,(H,26,27,28). The van der Waals surface area contributed by atoms with Crippen LogP contribution in [0.15, 0.2) is 35.5 Å². The number of piperidine rings is 1. The van der Waals surface area contributed by atoms with Gasteiger partial charge in [0.05, 0.1) is 16.3 Å². The van der Waals surface area contributed by atoms with Gasteiger partial charge in [-0.3, -0.25) is 0 Å². The number of hydrogen-bond acceptors (Lipinski definition) is 8. The number of anilines is 2. The molecule has 9 nitrogen and oxygen atoms in total. The first kappa shape index (κ1) is 25.8. The Kier molecular flexibility index (Phi) is 8.09. The molecule has 2 aromatic rings. The molecule has 3 rings (SSSR count). The molecule has 0 atom stereocenters. The molecule has 1 saturated heterocycles. The number of hydrogen-bond donors (Lipinski definition) is 2. The summed E-state index contributed by atoms with van der Waals surface area (Å²) in [5.41, 5.74) is 0.240. The fourth-order valence-electron chi connectivity index (χ4n) is 3.58. The molecule has 0 radical (unpaired) electrons. The molecule has 0 bridgehead atoms. The van der Waals surface area contributed by atoms with E-state index in [4.69, 9.17) is 4.74 Å². The van der Waals surface area contributed by atoms with Gasteiger partial charge in [0, 0.05) is 32.0 Å². The van der Waals surface area contributed by atoms with Gasteiger partial charge in [-0.2, -0.15) is 0 Å². The van der Waals surface area contributed by atoms with E-state index in [9.17, 15) is 17.6 Å². The molecule has 1 fully saturated rings. The number of nitrogens with one attached hydrogen (secondary N) is 2. The molecule has 1 aromatic carbocycles. The van der Waals surface area contributed by atoms with Crippen LogP contribution < -0.4 is 10.6 Å². The Morgan fingerprint density at radius 2 is 1.91 bits per heavy atom. The van der Waals surface area contributed by atoms with E-state index in [1.54, 1.807) is 11.0 Å². The third kappa shape index (κ3) is 7.63. The third-order valence-corrected chi connectivity index (χ3v) is 6.47. The van der Waals surface area contributed by atoms with E-state index in [2.05, 4.69) is 20.6 Å². The van der Waals surface area contributed by atoms with E-state index in [0.29, 0.717) is 37.1 Å². The van der Waals surface area contributed by atoms with E-state index >= 15 is 0 Å². The van der Waals surface area contributed by atoms with Crippen LogP contribution in [0.3, 0.4) is 0 Å². The minimum absolute atomic E-state index is 0.0186. The Morgan fingerprint density at radius 3 is 2.56 bits per heavy atom. The van der Waals surface area contributed by atoms with Crippen LogP contribution in [0, 0.1) is 11.7 Å². The van der Waals surface area contributed by atoms with Crippen molar-refractivity contribution in [1.82, 2.24) is 20.2 Å². The number of rotatable bonds is 7. The van der Waals surface area contributed by atoms with Crippen molar-refractivity contribution in [1.29, 1.82) is 0 Å². The lowest BCUT2D eigenvalue weighted by Crippen LogP contribution is -2.43. The lowest BCUT2D eigenvalue weighted by atomic mass is 9.97. The van der Waals surface area contributed by atoms with Crippen molar-refractivity contribution in [3.63, 3.8) is 0 Å². The molecule has 1 amide bonds. The maximum absolute atomic E-state index is 14.2. The lowest BCUT2D eigenvalue weighted by molar-refractivity contribution is 0.0184. The number of ether oxygens (including phenoxy) is 1. The summed E-state index contributed by atoms with van der Waals surface area (Å²) in [6.45, 7) is 8.19. The quantitative estimate of drug-likeness (QED) is 0.564. The van der Waals surface area contributed by atoms with Gasteiger partial charge in [-0.1, -0.05) is 0 Å². The predicted molar refractivity (Wildman–Crippen MR) is 127 cm³/mol. The van der Waals surface area contributed by atoms with Crippen molar-refractivity contribution in [3.05, 3.63) is 42.1 Å². The van der Waals surface area contributed by atoms with Gasteiger partial charge in [0.25, 0.3) is 0 Å². The van der Waals surface area contributed by atoms with Crippen molar-refractivity contribution in [2.45, 2.75) is 50.7 Å². The molecule has 2 heterocycles. The van der Waals surface area contributed by atoms with Gasteiger partial charge >= 0.3 is 6.09 Å². The van der Waals surface area contributed by atoms with Gasteiger partial charge in [0.15, 0.2) is 9.84 Å². The van der Waals surface area contributed by atoms with E-state index in [-0.39, 0.29) is 16.7 Å². The molecule has 186 valence electrons. The zero-order valence-electron chi connectivity index (χ0n) is 20.0. The maximum atomic E-state index is 14.2. The average Bonchev–Trinajstić information content (AvgIpc) is 2.74. The van der Waals surface area contributed by atoms with Crippen LogP contribution in [0.2, 0.25) is 0 Å². The summed E-state index contributed by atoms with van der Waals surface area (Å²) in [5.74, 6) is 0.219. The summed E-state index contributed by atoms with van der Waals surface area (Å²) in [6.07, 6.45) is 3.95. The topological polar surface area (TPSA) is 114 Å². The van der Waals surface area contributed by atoms with Crippen molar-refractivity contribution in [3.8, 4) is 0 Å². The second-order valence-corrected chi connectivity index (χ2v) is 11.5. The van der Waals surface area contributed by atoms with Crippen molar-refractivity contribution in [2.75, 3.05) is 31.2 Å². The van der Waals surface area contributed by atoms with Gasteiger partial charge < -0.3 is 20.3 Å². The first-order valence-electron chi connectivity index (χ1n) is 11.2. The van der Waals surface area contributed by atoms with Crippen molar-refractivity contribution < 1.29 is 22.3 Å². The van der Waals surface area contributed by atoms with Crippen LogP contribution >= 0.6 is 0 Å². The number of likely N-dealkylation sites (tertiary alicyclic amines) is 1. The second kappa shape index (κ2) is 10.6. The van der Waals surface area contributed by atoms with Crippen LogP contribution in [-0.4, -0.2) is 60.9 Å². The number of benzene rings is 1. The van der Waals surface area contributed by atoms with E-state index in [1.165, 1.54) is 18.5 Å². The third-order valence-electron chi connectivity index (χ3n) is 5.36. The highest BCUT2D eigenvalue weighted by Crippen LogP contribution is 2.23. The minimum Gasteiger partial charge on any atom is -0.444 e. The van der Waals surface area contributed by atoms with Gasteiger partial charge in [-0.05, 0) is 64.3 Å². The molecule has 1 aromatic heterocycles. The smallest absolute Gasteiger partial charge is 0.410 e. The summed E-state index contributed by atoms with van der Waals surface area (Å²) < 4.78 is 43.1. The molecule has 0 aliphatic carbocycles. The first-order valence-corrected chi connectivity index (χ1v) is 13.1. The summed E-state index contributed by atoms with van der Waals surface area (Å²) in [5, 5.41) is 6.21. The number of aromatic nitrogens is 2. The molecule has 2 N–H and O–H groups in total. The highest BCUT2D eigenvalue weighted by molar-refractivity contribution is 7.90. The number of carbonyl (C=O) groups excluding carboxylic acids is 1. The van der Waals surface area contributed by atoms with E-state index in [0.717, 1.165) is 31.7 Å². The zero-order chi connectivity index (χ0) is 24.9. The fraction of sp³-hybridized carbons (Fsp3) is 0.522. The Balaban J connectivity index is 1.49. The monoisotopic (exact) mass is 493 g/mol. The summed E-state index contributed by atoms with van der Waals surface area (Å²) in [7, 11) is -3.46. The molecule has 11 heteroatoms. The predicted octanol–water partition coefficient (Wildman–Crippen LogP) is 3.50. The van der Waals surface area contributed by atoms with Gasteiger partial charge in [-0.15, -0.1) is 0 Å². The molecular formula is C23H32FN5O4S. The fourth-order valence-corrected chi connectivity index (χ4v) is 4.23. The number of sulfone groups is 1. The number of carbonyl (C=O) groups is 1. The van der Waals surface area contributed by atoms with Gasteiger partial charge in [-0.25, -0.2) is 27.6 Å². The highest BCUT2D eigenvalue weighted by atomic mass is 32.2. The largest absolute Gasteiger partial charge is 0.444 e. The Bertz CT molecular complexity index is 1110. The molecule has 34 heavy (non-hydrogen) atoms. The summed E-state index contributed by atoms with van der Waals surface area (Å²) in [4.78, 5) is 22.3. The van der Waals surface area contributed by atoms with Crippen LogP contribution in [0.5, 0.6) is 0 Å². The molecule has 1 aliphatic heterocycles. The highest BCUT2D eigenvalue weighted by Gasteiger charge is 2.26. The molecule has 0 saturated carbocycles. The normalized spacial score (nSPS) is 15.3. The van der Waals surface area contributed by atoms with Gasteiger partial charge in [0.1, 0.15) is 23.6 Å². The van der Waals surface area contributed by atoms with Crippen LogP contribution in [0.1, 0.15) is 39.3 Å². The van der Waals surface area contributed by atoms with Crippen molar-refractivity contribution >= 4 is 27.4 Å². The lowest BCUT2D eigenvalue weighted by Gasteiger charge is -2.33. The number of amides is 1. The SMILES string of the molecule is CC(C)(C)OC(=O)N1CCC(CNCc2cc(Nc3cc(S(C)(=O)=O)ccc3F)ncn2)CC1. The molecular weight excluding hydrogens is 461 g/mol. The first-order chi connectivity index (χ1) is 15.9. The second-order valence-electron chi connectivity index (χ2n) is 9.48. The van der Waals surface area contributed by atoms with Gasteiger partial charge in [0.2, 0.25) is 0 Å². The average molecular weight is 494 g/mol. The van der Waals surface area contributed by atoms with Crippen LogP contribution in [-0.2, 0) is 21.1 Å². The van der Waals surface area contributed by atoms with E-state index in [1.807, 2.05) is 20.8 Å². The number of nitrogens with zero attached hydrogens (tertiary/aromatic N) is 3. The molecule has 0 unspecified atom stereocenters. The molecule has 1 aliphatic rings. The Labute approximate surface area is 200 Å². The van der Waals surface area contributed by atoms with Crippen LogP contribution in [0.25, 0.3) is 0 Å². The summed E-state index contributed by atoms with van der Waals surface area (Å²) >= 11 is 0. The van der Waals surface area contributed by atoms with Crippen molar-refractivity contribution in [2.24, 2.45) is 5.92 Å². The zero-order valence-corrected chi connectivity index (χ0v) is 20.8. The van der Waals surface area contributed by atoms with Crippen LogP contribution in [0.4, 0.5) is 20.7 Å². The van der Waals surface area contributed by atoms with E-state index < -0.39 is 21.3 Å². The summed E-state index contributed by atoms with van der Waals surface area (Å²) in [6, 6.07) is 5.26. The molecule has 0 spiro atoms. The Morgan fingerprint density at radius 1 is 1.21 bits per heavy atom. The maximum Gasteiger partial charge on any atom is 0.410 e. The minimum atomic E-state index is -3.46. The number of halogens is 1. The Hall–Kier alpha value is -2.79.